The third kappa shape index (κ3) is 5.41. The van der Waals surface area contributed by atoms with Crippen molar-refractivity contribution in [2.45, 2.75) is 71.0 Å². The number of piperidine rings is 1. The molecule has 1 saturated heterocycles. The average molecular weight is 419 g/mol. The Morgan fingerprint density at radius 1 is 1.17 bits per heavy atom. The fourth-order valence-electron chi connectivity index (χ4n) is 3.78. The molecule has 1 N–H and O–H groups in total. The number of aromatic nitrogens is 4. The Kier molecular flexibility index (Phi) is 8.15. The first kappa shape index (κ1) is 21.9. The highest BCUT2D eigenvalue weighted by Gasteiger charge is 2.20. The third-order valence-electron chi connectivity index (χ3n) is 5.53. The van der Waals surface area contributed by atoms with E-state index in [1.165, 1.54) is 19.3 Å². The number of thioether (sulfide) groups is 1. The van der Waals surface area contributed by atoms with Gasteiger partial charge in [-0.05, 0) is 38.5 Å². The van der Waals surface area contributed by atoms with Gasteiger partial charge in [0.15, 0.2) is 10.8 Å². The minimum absolute atomic E-state index is 0.0921. The molecule has 2 aromatic rings. The minimum Gasteiger partial charge on any atom is -0.356 e. The van der Waals surface area contributed by atoms with Gasteiger partial charge in [-0.3, -0.25) is 4.79 Å². The number of carbonyl (C=O) groups excluding carboxylic acids is 1. The van der Waals surface area contributed by atoms with E-state index in [0.717, 1.165) is 60.1 Å². The smallest absolute Gasteiger partial charge is 0.223 e. The Morgan fingerprint density at radius 2 is 1.93 bits per heavy atom. The number of nitrogens with one attached hydrogen (secondary N) is 1. The van der Waals surface area contributed by atoms with Crippen LogP contribution >= 0.6 is 11.8 Å². The summed E-state index contributed by atoms with van der Waals surface area (Å²) in [6.45, 7) is 9.55. The summed E-state index contributed by atoms with van der Waals surface area (Å²) in [5, 5.41) is 9.47. The zero-order valence-corrected chi connectivity index (χ0v) is 18.8. The maximum Gasteiger partial charge on any atom is 0.223 e. The van der Waals surface area contributed by atoms with E-state index < -0.39 is 0 Å². The van der Waals surface area contributed by atoms with Gasteiger partial charge in [-0.15, -0.1) is 0 Å². The highest BCUT2D eigenvalue weighted by atomic mass is 32.2. The molecule has 1 amide bonds. The fourth-order valence-corrected chi connectivity index (χ4v) is 4.47. The molecule has 0 aliphatic carbocycles. The van der Waals surface area contributed by atoms with Gasteiger partial charge in [0.2, 0.25) is 5.91 Å². The third-order valence-corrected chi connectivity index (χ3v) is 6.58. The van der Waals surface area contributed by atoms with Crippen LogP contribution in [0.4, 0.5) is 5.82 Å². The molecule has 29 heavy (non-hydrogen) atoms. The number of rotatable bonds is 10. The van der Waals surface area contributed by atoms with E-state index >= 15 is 0 Å². The second kappa shape index (κ2) is 10.8. The van der Waals surface area contributed by atoms with Crippen LogP contribution in [0.25, 0.3) is 11.0 Å². The normalized spacial score (nSPS) is 14.7. The summed E-state index contributed by atoms with van der Waals surface area (Å²) in [6.07, 6.45) is 8.42. The van der Waals surface area contributed by atoms with Gasteiger partial charge in [-0.2, -0.15) is 5.10 Å². The monoisotopic (exact) mass is 418 g/mol. The lowest BCUT2D eigenvalue weighted by molar-refractivity contribution is -0.125. The molecule has 0 aromatic carbocycles. The summed E-state index contributed by atoms with van der Waals surface area (Å²) in [5.41, 5.74) is 0.871. The van der Waals surface area contributed by atoms with Gasteiger partial charge < -0.3 is 10.2 Å². The maximum absolute atomic E-state index is 12.3. The number of anilines is 1. The number of carbonyl (C=O) groups is 1. The first-order chi connectivity index (χ1) is 14.2. The molecule has 0 saturated carbocycles. The molecular weight excluding hydrogens is 384 g/mol. The van der Waals surface area contributed by atoms with Crippen molar-refractivity contribution in [2.24, 2.45) is 5.92 Å². The Balaban J connectivity index is 1.80. The van der Waals surface area contributed by atoms with Gasteiger partial charge >= 0.3 is 0 Å². The molecule has 1 fully saturated rings. The molecule has 0 radical (unpaired) electrons. The Labute approximate surface area is 178 Å². The van der Waals surface area contributed by atoms with Crippen LogP contribution in [0.1, 0.15) is 59.3 Å². The summed E-state index contributed by atoms with van der Waals surface area (Å²) < 4.78 is 1.91. The Bertz CT molecular complexity index is 798. The molecule has 3 heterocycles. The number of hydrogen-bond donors (Lipinski definition) is 1. The van der Waals surface area contributed by atoms with Crippen molar-refractivity contribution in [2.75, 3.05) is 30.3 Å². The lowest BCUT2D eigenvalue weighted by Gasteiger charge is -2.28. The molecule has 0 spiro atoms. The SMILES string of the molecule is CCCSc1nc(N2CCCCC2)c2cnn(CCNC(=O)C(CC)CC)c2n1. The fraction of sp³-hybridized carbons (Fsp3) is 0.714. The molecule has 3 rings (SSSR count). The highest BCUT2D eigenvalue weighted by molar-refractivity contribution is 7.99. The van der Waals surface area contributed by atoms with Crippen LogP contribution in [0.3, 0.4) is 0 Å². The minimum atomic E-state index is 0.0921. The second-order valence-electron chi connectivity index (χ2n) is 7.64. The van der Waals surface area contributed by atoms with Crippen molar-refractivity contribution in [3.63, 3.8) is 0 Å². The van der Waals surface area contributed by atoms with Gasteiger partial charge in [0.1, 0.15) is 5.82 Å². The van der Waals surface area contributed by atoms with E-state index in [9.17, 15) is 4.79 Å². The predicted octanol–water partition coefficient (Wildman–Crippen LogP) is 3.87. The average Bonchev–Trinajstić information content (AvgIpc) is 3.16. The Hall–Kier alpha value is -1.83. The van der Waals surface area contributed by atoms with Gasteiger partial charge in [0.05, 0.1) is 18.1 Å². The van der Waals surface area contributed by atoms with Crippen LogP contribution in [-0.4, -0.2) is 51.0 Å². The van der Waals surface area contributed by atoms with Crippen LogP contribution in [0.2, 0.25) is 0 Å². The molecule has 0 atom stereocenters. The Morgan fingerprint density at radius 3 is 2.62 bits per heavy atom. The largest absolute Gasteiger partial charge is 0.356 e. The van der Waals surface area contributed by atoms with Gasteiger partial charge in [0.25, 0.3) is 0 Å². The summed E-state index contributed by atoms with van der Waals surface area (Å²) in [7, 11) is 0. The number of amides is 1. The van der Waals surface area contributed by atoms with Gasteiger partial charge in [-0.25, -0.2) is 14.6 Å². The summed E-state index contributed by atoms with van der Waals surface area (Å²) >= 11 is 1.70. The van der Waals surface area contributed by atoms with E-state index in [0.29, 0.717) is 13.1 Å². The lowest BCUT2D eigenvalue weighted by atomic mass is 10.0. The quantitative estimate of drug-likeness (QED) is 0.466. The molecule has 8 heteroatoms. The first-order valence-electron chi connectivity index (χ1n) is 11.1. The van der Waals surface area contributed by atoms with Gasteiger partial charge in [0, 0.05) is 31.3 Å². The highest BCUT2D eigenvalue weighted by Crippen LogP contribution is 2.29. The van der Waals surface area contributed by atoms with Crippen molar-refractivity contribution in [1.82, 2.24) is 25.1 Å². The first-order valence-corrected chi connectivity index (χ1v) is 12.0. The van der Waals surface area contributed by atoms with E-state index in [1.807, 2.05) is 10.9 Å². The van der Waals surface area contributed by atoms with Crippen LogP contribution in [-0.2, 0) is 11.3 Å². The van der Waals surface area contributed by atoms with E-state index in [4.69, 9.17) is 9.97 Å². The van der Waals surface area contributed by atoms with Crippen molar-refractivity contribution in [3.8, 4) is 0 Å². The number of nitrogens with zero attached hydrogens (tertiary/aromatic N) is 5. The molecule has 2 aromatic heterocycles. The second-order valence-corrected chi connectivity index (χ2v) is 8.70. The van der Waals surface area contributed by atoms with Crippen LogP contribution in [0.15, 0.2) is 11.4 Å². The summed E-state index contributed by atoms with van der Waals surface area (Å²) in [4.78, 5) is 24.3. The molecule has 0 unspecified atom stereocenters. The van der Waals surface area contributed by atoms with Crippen LogP contribution in [0, 0.1) is 5.92 Å². The molecular formula is C21H34N6OS. The maximum atomic E-state index is 12.3. The molecule has 1 aliphatic rings. The van der Waals surface area contributed by atoms with E-state index in [-0.39, 0.29) is 11.8 Å². The van der Waals surface area contributed by atoms with Crippen molar-refractivity contribution in [3.05, 3.63) is 6.20 Å². The molecule has 7 nitrogen and oxygen atoms in total. The van der Waals surface area contributed by atoms with E-state index in [2.05, 4.69) is 36.1 Å². The molecule has 160 valence electrons. The molecule has 1 aliphatic heterocycles. The zero-order valence-electron chi connectivity index (χ0n) is 18.0. The molecule has 0 bridgehead atoms. The van der Waals surface area contributed by atoms with Gasteiger partial charge in [-0.1, -0.05) is 32.5 Å². The van der Waals surface area contributed by atoms with Crippen LogP contribution < -0.4 is 10.2 Å². The summed E-state index contributed by atoms with van der Waals surface area (Å²) in [5.74, 6) is 2.24. The van der Waals surface area contributed by atoms with Crippen molar-refractivity contribution < 1.29 is 4.79 Å². The number of fused-ring (bicyclic) bond motifs is 1. The lowest BCUT2D eigenvalue weighted by Crippen LogP contribution is -2.32. The number of hydrogen-bond acceptors (Lipinski definition) is 6. The predicted molar refractivity (Wildman–Crippen MR) is 119 cm³/mol. The van der Waals surface area contributed by atoms with Crippen molar-refractivity contribution >= 4 is 34.5 Å². The van der Waals surface area contributed by atoms with Crippen LogP contribution in [0.5, 0.6) is 0 Å². The summed E-state index contributed by atoms with van der Waals surface area (Å²) in [6, 6.07) is 0. The standard InChI is InChI=1S/C21H34N6OS/c1-4-14-29-21-24-18(26-11-8-7-9-12-26)17-15-23-27(19(17)25-21)13-10-22-20(28)16(5-2)6-3/h15-16H,4-14H2,1-3H3,(H,22,28). The topological polar surface area (TPSA) is 75.9 Å². The zero-order chi connectivity index (χ0) is 20.6. The van der Waals surface area contributed by atoms with E-state index in [1.54, 1.807) is 11.8 Å². The van der Waals surface area contributed by atoms with Crippen molar-refractivity contribution in [1.29, 1.82) is 0 Å².